The molecule has 2 aliphatic heterocycles. The van der Waals surface area contributed by atoms with Gasteiger partial charge in [0.2, 0.25) is 5.91 Å². The van der Waals surface area contributed by atoms with Crippen LogP contribution < -0.4 is 20.1 Å². The number of ketones is 1. The van der Waals surface area contributed by atoms with Crippen LogP contribution in [0.2, 0.25) is 0 Å². The monoisotopic (exact) mass is 451 g/mol. The van der Waals surface area contributed by atoms with Gasteiger partial charge in [-0.1, -0.05) is 30.3 Å². The van der Waals surface area contributed by atoms with Crippen molar-refractivity contribution in [3.8, 4) is 11.5 Å². The molecule has 0 saturated carbocycles. The number of carbonyl (C=O) groups excluding carboxylic acids is 4. The molecule has 1 saturated heterocycles. The van der Waals surface area contributed by atoms with Gasteiger partial charge < -0.3 is 20.1 Å². The van der Waals surface area contributed by atoms with Crippen LogP contribution in [0.25, 0.3) is 0 Å². The van der Waals surface area contributed by atoms with Crippen molar-refractivity contribution >= 4 is 23.6 Å². The standard InChI is InChI=1S/C24H25N3O6/c1-15(28)25-13-16-4-6-17(7-5-16)19(29)14-27-22(30)24(2,26-23(27)31)18-8-9-20-21(12-18)33-11-3-10-32-20/h4-9,12H,3,10-11,13-14H2,1-2H3,(H,25,28)(H,26,31). The molecule has 1 fully saturated rings. The van der Waals surface area contributed by atoms with Gasteiger partial charge in [-0.25, -0.2) is 4.79 Å². The third-order valence-corrected chi connectivity index (χ3v) is 5.72. The van der Waals surface area contributed by atoms with Crippen LogP contribution >= 0.6 is 0 Å². The quantitative estimate of drug-likeness (QED) is 0.514. The van der Waals surface area contributed by atoms with E-state index in [1.165, 1.54) is 6.92 Å². The summed E-state index contributed by atoms with van der Waals surface area (Å²) < 4.78 is 11.3. The molecule has 0 radical (unpaired) electrons. The van der Waals surface area contributed by atoms with Crippen molar-refractivity contribution in [2.24, 2.45) is 0 Å². The molecular weight excluding hydrogens is 426 g/mol. The second-order valence-electron chi connectivity index (χ2n) is 8.19. The number of rotatable bonds is 6. The largest absolute Gasteiger partial charge is 0.490 e. The molecule has 9 heteroatoms. The smallest absolute Gasteiger partial charge is 0.325 e. The predicted octanol–water partition coefficient (Wildman–Crippen LogP) is 2.13. The van der Waals surface area contributed by atoms with E-state index in [9.17, 15) is 19.2 Å². The Balaban J connectivity index is 1.48. The molecule has 2 aromatic rings. The zero-order valence-electron chi connectivity index (χ0n) is 18.5. The zero-order valence-corrected chi connectivity index (χ0v) is 18.5. The number of amides is 4. The van der Waals surface area contributed by atoms with Gasteiger partial charge in [-0.15, -0.1) is 0 Å². The summed E-state index contributed by atoms with van der Waals surface area (Å²) in [5.41, 5.74) is 0.414. The second kappa shape index (κ2) is 8.93. The van der Waals surface area contributed by atoms with E-state index in [-0.39, 0.29) is 18.2 Å². The Labute approximate surface area is 191 Å². The number of benzene rings is 2. The van der Waals surface area contributed by atoms with E-state index in [2.05, 4.69) is 10.6 Å². The Morgan fingerprint density at radius 2 is 1.76 bits per heavy atom. The maximum Gasteiger partial charge on any atom is 0.325 e. The summed E-state index contributed by atoms with van der Waals surface area (Å²) in [5.74, 6) is 0.0724. The molecule has 1 atom stereocenters. The van der Waals surface area contributed by atoms with Gasteiger partial charge in [-0.3, -0.25) is 19.3 Å². The molecule has 0 aliphatic carbocycles. The van der Waals surface area contributed by atoms with Gasteiger partial charge in [0.05, 0.1) is 19.8 Å². The molecule has 4 rings (SSSR count). The average molecular weight is 451 g/mol. The van der Waals surface area contributed by atoms with Crippen LogP contribution in [-0.2, 0) is 21.7 Å². The Morgan fingerprint density at radius 1 is 1.06 bits per heavy atom. The highest BCUT2D eigenvalue weighted by Crippen LogP contribution is 2.36. The van der Waals surface area contributed by atoms with E-state index in [4.69, 9.17) is 9.47 Å². The van der Waals surface area contributed by atoms with Gasteiger partial charge in [0.1, 0.15) is 5.54 Å². The number of hydrogen-bond acceptors (Lipinski definition) is 6. The van der Waals surface area contributed by atoms with E-state index in [1.54, 1.807) is 49.4 Å². The van der Waals surface area contributed by atoms with Crippen molar-refractivity contribution in [2.75, 3.05) is 19.8 Å². The SMILES string of the molecule is CC(=O)NCc1ccc(C(=O)CN2C(=O)NC(C)(c3ccc4c(c3)OCCCO4)C2=O)cc1. The number of fused-ring (bicyclic) bond motifs is 1. The van der Waals surface area contributed by atoms with Crippen LogP contribution in [0.4, 0.5) is 4.79 Å². The third-order valence-electron chi connectivity index (χ3n) is 5.72. The molecule has 9 nitrogen and oxygen atoms in total. The van der Waals surface area contributed by atoms with Gasteiger partial charge in [-0.05, 0) is 30.2 Å². The third kappa shape index (κ3) is 4.52. The highest BCUT2D eigenvalue weighted by molar-refractivity contribution is 6.11. The lowest BCUT2D eigenvalue weighted by molar-refractivity contribution is -0.130. The molecule has 2 aromatic carbocycles. The van der Waals surface area contributed by atoms with Gasteiger partial charge in [0.15, 0.2) is 17.3 Å². The molecular formula is C24H25N3O6. The Morgan fingerprint density at radius 3 is 2.45 bits per heavy atom. The number of imide groups is 1. The van der Waals surface area contributed by atoms with Crippen molar-refractivity contribution in [1.82, 2.24) is 15.5 Å². The summed E-state index contributed by atoms with van der Waals surface area (Å²) in [5, 5.41) is 5.39. The van der Waals surface area contributed by atoms with Crippen molar-refractivity contribution < 1.29 is 28.7 Å². The summed E-state index contributed by atoms with van der Waals surface area (Å²) in [6.45, 7) is 4.05. The van der Waals surface area contributed by atoms with Crippen molar-refractivity contribution in [3.63, 3.8) is 0 Å². The number of nitrogens with one attached hydrogen (secondary N) is 2. The number of ether oxygens (including phenoxy) is 2. The predicted molar refractivity (Wildman–Crippen MR) is 118 cm³/mol. The average Bonchev–Trinajstić information content (AvgIpc) is 2.95. The second-order valence-corrected chi connectivity index (χ2v) is 8.19. The summed E-state index contributed by atoms with van der Waals surface area (Å²) >= 11 is 0. The first-order valence-electron chi connectivity index (χ1n) is 10.7. The first kappa shape index (κ1) is 22.3. The van der Waals surface area contributed by atoms with Crippen LogP contribution in [0.5, 0.6) is 11.5 Å². The van der Waals surface area contributed by atoms with E-state index in [0.29, 0.717) is 42.4 Å². The molecule has 172 valence electrons. The number of nitrogens with zero attached hydrogens (tertiary/aromatic N) is 1. The molecule has 2 aliphatic rings. The number of hydrogen-bond donors (Lipinski definition) is 2. The van der Waals surface area contributed by atoms with Crippen LogP contribution in [-0.4, -0.2) is 48.3 Å². The van der Waals surface area contributed by atoms with Crippen molar-refractivity contribution in [1.29, 1.82) is 0 Å². The van der Waals surface area contributed by atoms with Crippen LogP contribution in [0.1, 0.15) is 41.8 Å². The molecule has 4 amide bonds. The molecule has 2 N–H and O–H groups in total. The van der Waals surface area contributed by atoms with Crippen LogP contribution in [0.3, 0.4) is 0 Å². The van der Waals surface area contributed by atoms with E-state index < -0.39 is 17.5 Å². The van der Waals surface area contributed by atoms with E-state index in [1.807, 2.05) is 0 Å². The molecule has 0 aromatic heterocycles. The van der Waals surface area contributed by atoms with Crippen LogP contribution in [0, 0.1) is 0 Å². The van der Waals surface area contributed by atoms with Crippen molar-refractivity contribution in [2.45, 2.75) is 32.4 Å². The van der Waals surface area contributed by atoms with E-state index in [0.717, 1.165) is 16.9 Å². The van der Waals surface area contributed by atoms with Crippen LogP contribution in [0.15, 0.2) is 42.5 Å². The lowest BCUT2D eigenvalue weighted by Crippen LogP contribution is -2.41. The number of carbonyl (C=O) groups is 4. The zero-order chi connectivity index (χ0) is 23.6. The fourth-order valence-corrected chi connectivity index (χ4v) is 3.78. The molecule has 0 bridgehead atoms. The first-order valence-corrected chi connectivity index (χ1v) is 10.7. The fraction of sp³-hybridized carbons (Fsp3) is 0.333. The minimum absolute atomic E-state index is 0.148. The van der Waals surface area contributed by atoms with Gasteiger partial charge in [0, 0.05) is 25.5 Å². The lowest BCUT2D eigenvalue weighted by atomic mass is 9.91. The Kier molecular flexibility index (Phi) is 6.04. The summed E-state index contributed by atoms with van der Waals surface area (Å²) in [4.78, 5) is 50.6. The maximum absolute atomic E-state index is 13.2. The highest BCUT2D eigenvalue weighted by atomic mass is 16.5. The molecule has 1 unspecified atom stereocenters. The Hall–Kier alpha value is -3.88. The normalized spacial score (nSPS) is 19.6. The van der Waals surface area contributed by atoms with Crippen molar-refractivity contribution in [3.05, 3.63) is 59.2 Å². The molecule has 2 heterocycles. The van der Waals surface area contributed by atoms with E-state index >= 15 is 0 Å². The summed E-state index contributed by atoms with van der Waals surface area (Å²) in [6.07, 6.45) is 0.751. The molecule has 0 spiro atoms. The minimum Gasteiger partial charge on any atom is -0.490 e. The lowest BCUT2D eigenvalue weighted by Gasteiger charge is -2.23. The summed E-state index contributed by atoms with van der Waals surface area (Å²) in [6, 6.07) is 11.2. The first-order chi connectivity index (χ1) is 15.8. The Bertz CT molecular complexity index is 1110. The molecule has 33 heavy (non-hydrogen) atoms. The number of Topliss-reactive ketones (excluding diaryl/α,β-unsaturated/α-hetero) is 1. The summed E-state index contributed by atoms with van der Waals surface area (Å²) in [7, 11) is 0. The minimum atomic E-state index is -1.33. The maximum atomic E-state index is 13.2. The number of urea groups is 1. The van der Waals surface area contributed by atoms with Gasteiger partial charge in [-0.2, -0.15) is 0 Å². The van der Waals surface area contributed by atoms with Gasteiger partial charge in [0.25, 0.3) is 5.91 Å². The fourth-order valence-electron chi connectivity index (χ4n) is 3.78. The topological polar surface area (TPSA) is 114 Å². The van der Waals surface area contributed by atoms with Gasteiger partial charge >= 0.3 is 6.03 Å². The highest BCUT2D eigenvalue weighted by Gasteiger charge is 2.49.